The second-order valence-corrected chi connectivity index (χ2v) is 8.86. The molecule has 5 rings (SSSR count). The number of amides is 1. The maximum atomic E-state index is 11.4. The van der Waals surface area contributed by atoms with Gasteiger partial charge in [0.2, 0.25) is 5.91 Å². The molecule has 9 heteroatoms. The molecule has 1 atom stereocenters. The number of benzene rings is 1. The van der Waals surface area contributed by atoms with Crippen LogP contribution in [0.15, 0.2) is 35.6 Å². The van der Waals surface area contributed by atoms with Gasteiger partial charge >= 0.3 is 0 Å². The van der Waals surface area contributed by atoms with E-state index in [4.69, 9.17) is 19.2 Å². The number of ether oxygens (including phenoxy) is 3. The molecule has 9 nitrogen and oxygen atoms in total. The highest BCUT2D eigenvalue weighted by Crippen LogP contribution is 2.31. The Balaban J connectivity index is 1.30. The summed E-state index contributed by atoms with van der Waals surface area (Å²) < 4.78 is 17.1. The van der Waals surface area contributed by atoms with E-state index < -0.39 is 0 Å². The summed E-state index contributed by atoms with van der Waals surface area (Å²) >= 11 is 0. The van der Waals surface area contributed by atoms with Gasteiger partial charge in [0.1, 0.15) is 30.6 Å². The van der Waals surface area contributed by atoms with E-state index in [0.29, 0.717) is 19.7 Å². The van der Waals surface area contributed by atoms with Crippen molar-refractivity contribution >= 4 is 17.4 Å². The van der Waals surface area contributed by atoms with Crippen LogP contribution < -0.4 is 15.0 Å². The number of rotatable bonds is 6. The number of methoxy groups -OCH3 is 1. The number of anilines is 1. The molecule has 1 aromatic heterocycles. The van der Waals surface area contributed by atoms with Gasteiger partial charge in [-0.2, -0.15) is 0 Å². The molecule has 3 aliphatic heterocycles. The molecule has 1 spiro atoms. The second-order valence-electron chi connectivity index (χ2n) is 8.86. The molecule has 1 N–H and O–H groups in total. The van der Waals surface area contributed by atoms with Crippen LogP contribution in [0.4, 0.5) is 5.82 Å². The summed E-state index contributed by atoms with van der Waals surface area (Å²) in [6.07, 6.45) is 3.26. The molecule has 33 heavy (non-hydrogen) atoms. The molecule has 2 saturated heterocycles. The van der Waals surface area contributed by atoms with E-state index >= 15 is 0 Å². The molecule has 2 fully saturated rings. The monoisotopic (exact) mass is 451 g/mol. The number of aliphatic imine (C=N–C) groups is 1. The van der Waals surface area contributed by atoms with Crippen molar-refractivity contribution in [1.82, 2.24) is 15.3 Å². The van der Waals surface area contributed by atoms with Crippen molar-refractivity contribution in [2.75, 3.05) is 44.9 Å². The highest BCUT2D eigenvalue weighted by atomic mass is 16.5. The first-order valence-electron chi connectivity index (χ1n) is 11.4. The van der Waals surface area contributed by atoms with Crippen LogP contribution in [0.25, 0.3) is 0 Å². The van der Waals surface area contributed by atoms with Gasteiger partial charge in [-0.05, 0) is 37.5 Å². The van der Waals surface area contributed by atoms with Gasteiger partial charge in [0.05, 0.1) is 30.2 Å². The first kappa shape index (κ1) is 21.8. The van der Waals surface area contributed by atoms with E-state index in [1.54, 1.807) is 13.4 Å². The number of piperidine rings is 1. The standard InChI is InChI=1S/C24H29N5O4/c1-16(12-31-2)33-18-4-3-17-11-25-23(19(17)9-18)20-10-21(28-15-27-20)29-7-5-24(6-8-29)14-26-22(30)13-32-24/h3-4,9-10,15-16H,5-8,11-14H2,1-2H3,(H,26,30)/t16-/m0/s1. The summed E-state index contributed by atoms with van der Waals surface area (Å²) in [5.74, 6) is 1.64. The summed E-state index contributed by atoms with van der Waals surface area (Å²) in [4.78, 5) is 27.5. The molecular weight excluding hydrogens is 422 g/mol. The maximum Gasteiger partial charge on any atom is 0.246 e. The Hall–Kier alpha value is -3.04. The first-order valence-corrected chi connectivity index (χ1v) is 11.4. The molecule has 0 bridgehead atoms. The third-order valence-electron chi connectivity index (χ3n) is 6.49. The van der Waals surface area contributed by atoms with Crippen LogP contribution in [-0.4, -0.2) is 73.2 Å². The fourth-order valence-electron chi connectivity index (χ4n) is 4.65. The average Bonchev–Trinajstić information content (AvgIpc) is 3.25. The van der Waals surface area contributed by atoms with Crippen LogP contribution in [0.2, 0.25) is 0 Å². The van der Waals surface area contributed by atoms with Crippen molar-refractivity contribution in [3.63, 3.8) is 0 Å². The number of aromatic nitrogens is 2. The van der Waals surface area contributed by atoms with Gasteiger partial charge in [0.25, 0.3) is 0 Å². The van der Waals surface area contributed by atoms with Gasteiger partial charge in [-0.1, -0.05) is 6.07 Å². The number of carbonyl (C=O) groups is 1. The molecule has 0 unspecified atom stereocenters. The second kappa shape index (κ2) is 9.07. The maximum absolute atomic E-state index is 11.4. The Morgan fingerprint density at radius 2 is 2.09 bits per heavy atom. The fourth-order valence-corrected chi connectivity index (χ4v) is 4.65. The summed E-state index contributed by atoms with van der Waals surface area (Å²) in [5, 5.41) is 2.93. The minimum Gasteiger partial charge on any atom is -0.488 e. The van der Waals surface area contributed by atoms with E-state index in [1.165, 1.54) is 0 Å². The molecule has 1 amide bonds. The van der Waals surface area contributed by atoms with E-state index in [1.807, 2.05) is 25.1 Å². The molecule has 4 heterocycles. The van der Waals surface area contributed by atoms with E-state index in [-0.39, 0.29) is 24.2 Å². The zero-order valence-corrected chi connectivity index (χ0v) is 19.0. The average molecular weight is 452 g/mol. The number of morpholine rings is 1. The third-order valence-corrected chi connectivity index (χ3v) is 6.49. The van der Waals surface area contributed by atoms with Crippen molar-refractivity contribution in [1.29, 1.82) is 0 Å². The van der Waals surface area contributed by atoms with Crippen LogP contribution in [0, 0.1) is 0 Å². The lowest BCUT2D eigenvalue weighted by Gasteiger charge is -2.43. The van der Waals surface area contributed by atoms with Crippen LogP contribution in [0.5, 0.6) is 5.75 Å². The van der Waals surface area contributed by atoms with Crippen LogP contribution in [0.1, 0.15) is 36.6 Å². The van der Waals surface area contributed by atoms with Crippen LogP contribution in [-0.2, 0) is 20.8 Å². The van der Waals surface area contributed by atoms with Crippen LogP contribution in [0.3, 0.4) is 0 Å². The van der Waals surface area contributed by atoms with Crippen molar-refractivity contribution in [3.05, 3.63) is 47.4 Å². The number of fused-ring (bicyclic) bond motifs is 1. The Morgan fingerprint density at radius 1 is 1.24 bits per heavy atom. The molecule has 1 aromatic carbocycles. The van der Waals surface area contributed by atoms with E-state index in [9.17, 15) is 4.79 Å². The molecule has 0 radical (unpaired) electrons. The van der Waals surface area contributed by atoms with E-state index in [0.717, 1.165) is 60.0 Å². The SMILES string of the molecule is COC[C@H](C)Oc1ccc2c(c1)C(c1cc(N3CCC4(CC3)CNC(=O)CO4)ncn1)=NC2. The third kappa shape index (κ3) is 4.56. The number of hydrogen-bond acceptors (Lipinski definition) is 8. The lowest BCUT2D eigenvalue weighted by atomic mass is 9.90. The first-order chi connectivity index (χ1) is 16.0. The number of hydrogen-bond donors (Lipinski definition) is 1. The van der Waals surface area contributed by atoms with Gasteiger partial charge < -0.3 is 24.4 Å². The highest BCUT2D eigenvalue weighted by molar-refractivity contribution is 6.14. The Bertz CT molecular complexity index is 1050. The quantitative estimate of drug-likeness (QED) is 0.714. The highest BCUT2D eigenvalue weighted by Gasteiger charge is 2.39. The Labute approximate surface area is 193 Å². The van der Waals surface area contributed by atoms with Gasteiger partial charge in [-0.15, -0.1) is 0 Å². The Kier molecular flexibility index (Phi) is 5.99. The summed E-state index contributed by atoms with van der Waals surface area (Å²) in [7, 11) is 1.67. The fraction of sp³-hybridized carbons (Fsp3) is 0.500. The van der Waals surface area contributed by atoms with Crippen molar-refractivity contribution in [2.45, 2.75) is 38.0 Å². The minimum absolute atomic E-state index is 0.0376. The Morgan fingerprint density at radius 3 is 2.85 bits per heavy atom. The molecule has 3 aliphatic rings. The van der Waals surface area contributed by atoms with Gasteiger partial charge in [-0.3, -0.25) is 9.79 Å². The minimum atomic E-state index is -0.259. The predicted molar refractivity (Wildman–Crippen MR) is 123 cm³/mol. The zero-order valence-electron chi connectivity index (χ0n) is 19.0. The van der Waals surface area contributed by atoms with Gasteiger partial charge in [0, 0.05) is 38.4 Å². The molecule has 0 aliphatic carbocycles. The molecule has 174 valence electrons. The normalized spacial score (nSPS) is 20.2. The van der Waals surface area contributed by atoms with Crippen LogP contribution >= 0.6 is 0 Å². The van der Waals surface area contributed by atoms with Crippen molar-refractivity contribution < 1.29 is 19.0 Å². The predicted octanol–water partition coefficient (Wildman–Crippen LogP) is 1.73. The molecule has 0 saturated carbocycles. The number of nitrogens with one attached hydrogen (secondary N) is 1. The lowest BCUT2D eigenvalue weighted by molar-refractivity contribution is -0.146. The number of nitrogens with zero attached hydrogens (tertiary/aromatic N) is 4. The molecule has 2 aromatic rings. The number of carbonyl (C=O) groups excluding carboxylic acids is 1. The van der Waals surface area contributed by atoms with Crippen molar-refractivity contribution in [2.24, 2.45) is 4.99 Å². The largest absolute Gasteiger partial charge is 0.488 e. The molecular formula is C24H29N5O4. The smallest absolute Gasteiger partial charge is 0.246 e. The lowest BCUT2D eigenvalue weighted by Crippen LogP contribution is -2.57. The zero-order chi connectivity index (χ0) is 22.8. The van der Waals surface area contributed by atoms with Gasteiger partial charge in [-0.25, -0.2) is 9.97 Å². The van der Waals surface area contributed by atoms with E-state index in [2.05, 4.69) is 26.3 Å². The topological polar surface area (TPSA) is 98.2 Å². The summed E-state index contributed by atoms with van der Waals surface area (Å²) in [5.41, 5.74) is 3.62. The van der Waals surface area contributed by atoms with Crippen molar-refractivity contribution in [3.8, 4) is 5.75 Å². The summed E-state index contributed by atoms with van der Waals surface area (Å²) in [6.45, 7) is 5.49. The van der Waals surface area contributed by atoms with Gasteiger partial charge in [0.15, 0.2) is 0 Å². The summed E-state index contributed by atoms with van der Waals surface area (Å²) in [6, 6.07) is 8.09.